The summed E-state index contributed by atoms with van der Waals surface area (Å²) in [6, 6.07) is 10.6. The Morgan fingerprint density at radius 3 is 2.72 bits per heavy atom. The van der Waals surface area contributed by atoms with E-state index in [2.05, 4.69) is 47.1 Å². The number of benzene rings is 1. The highest BCUT2D eigenvalue weighted by molar-refractivity contribution is 5.76. The summed E-state index contributed by atoms with van der Waals surface area (Å²) in [5.41, 5.74) is 1.30. The van der Waals surface area contributed by atoms with Gasteiger partial charge in [0.25, 0.3) is 0 Å². The van der Waals surface area contributed by atoms with E-state index in [4.69, 9.17) is 0 Å². The molecule has 0 radical (unpaired) electrons. The molecule has 1 aromatic rings. The van der Waals surface area contributed by atoms with Gasteiger partial charge in [0.05, 0.1) is 0 Å². The summed E-state index contributed by atoms with van der Waals surface area (Å²) in [4.78, 5) is 19.4. The number of likely N-dealkylation sites (tertiary alicyclic amines) is 1. The van der Waals surface area contributed by atoms with Gasteiger partial charge in [0.15, 0.2) is 0 Å². The lowest BCUT2D eigenvalue weighted by Gasteiger charge is -2.31. The van der Waals surface area contributed by atoms with E-state index in [-0.39, 0.29) is 0 Å². The summed E-state index contributed by atoms with van der Waals surface area (Å²) in [5, 5.41) is 0. The molecule has 2 fully saturated rings. The highest BCUT2D eigenvalue weighted by Gasteiger charge is 2.25. The Morgan fingerprint density at radius 2 is 1.96 bits per heavy atom. The molecule has 0 spiro atoms. The Kier molecular flexibility index (Phi) is 6.35. The molecule has 1 aromatic carbocycles. The number of anilines is 1. The first-order valence-electron chi connectivity index (χ1n) is 9.88. The number of para-hydroxylation sites is 1. The molecule has 0 N–H and O–H groups in total. The topological polar surface area (TPSA) is 26.8 Å². The lowest BCUT2D eigenvalue weighted by Crippen LogP contribution is -2.39. The molecule has 2 aliphatic rings. The van der Waals surface area contributed by atoms with Crippen molar-refractivity contribution in [3.05, 3.63) is 30.3 Å². The monoisotopic (exact) mass is 343 g/mol. The van der Waals surface area contributed by atoms with Gasteiger partial charge in [-0.2, -0.15) is 0 Å². The Hall–Kier alpha value is -1.55. The summed E-state index contributed by atoms with van der Waals surface area (Å²) < 4.78 is 0. The van der Waals surface area contributed by atoms with Crippen molar-refractivity contribution >= 4 is 11.6 Å². The van der Waals surface area contributed by atoms with Gasteiger partial charge in [-0.3, -0.25) is 4.79 Å². The molecule has 3 rings (SSSR count). The maximum Gasteiger partial charge on any atom is 0.223 e. The van der Waals surface area contributed by atoms with Gasteiger partial charge in [-0.05, 0) is 49.8 Å². The largest absolute Gasteiger partial charge is 0.371 e. The van der Waals surface area contributed by atoms with E-state index in [1.807, 2.05) is 11.9 Å². The number of carbonyl (C=O) groups excluding carboxylic acids is 1. The quantitative estimate of drug-likeness (QED) is 0.794. The molecular formula is C21H33N3O. The standard InChI is InChI=1S/C21H33N3O/c1-18-7-6-12-23(15-18)13-11-21(25)22(2)16-19-10-14-24(17-19)20-8-4-3-5-9-20/h3-5,8-9,18-19H,6-7,10-17H2,1-2H3/t18-,19+/m1/s1. The Bertz CT molecular complexity index is 547. The average molecular weight is 344 g/mol. The van der Waals surface area contributed by atoms with Crippen LogP contribution in [-0.2, 0) is 4.79 Å². The molecule has 0 aliphatic carbocycles. The molecule has 2 saturated heterocycles. The minimum atomic E-state index is 0.302. The van der Waals surface area contributed by atoms with Crippen molar-refractivity contribution in [2.75, 3.05) is 51.2 Å². The molecule has 138 valence electrons. The molecule has 0 bridgehead atoms. The van der Waals surface area contributed by atoms with Gasteiger partial charge in [0.2, 0.25) is 5.91 Å². The molecule has 0 aromatic heterocycles. The zero-order valence-corrected chi connectivity index (χ0v) is 15.9. The fourth-order valence-electron chi connectivity index (χ4n) is 4.28. The van der Waals surface area contributed by atoms with Crippen molar-refractivity contribution in [2.24, 2.45) is 11.8 Å². The molecule has 0 saturated carbocycles. The van der Waals surface area contributed by atoms with Gasteiger partial charge >= 0.3 is 0 Å². The van der Waals surface area contributed by atoms with E-state index >= 15 is 0 Å². The van der Waals surface area contributed by atoms with Gasteiger partial charge in [-0.1, -0.05) is 25.1 Å². The van der Waals surface area contributed by atoms with Crippen LogP contribution in [0.15, 0.2) is 30.3 Å². The minimum Gasteiger partial charge on any atom is -0.371 e. The molecular weight excluding hydrogens is 310 g/mol. The summed E-state index contributed by atoms with van der Waals surface area (Å²) in [7, 11) is 1.98. The van der Waals surface area contributed by atoms with Gasteiger partial charge in [0, 0.05) is 51.9 Å². The number of carbonyl (C=O) groups is 1. The highest BCUT2D eigenvalue weighted by atomic mass is 16.2. The number of amides is 1. The summed E-state index contributed by atoms with van der Waals surface area (Å²) in [5.74, 6) is 1.67. The van der Waals surface area contributed by atoms with Crippen LogP contribution in [0.25, 0.3) is 0 Å². The first-order valence-corrected chi connectivity index (χ1v) is 9.88. The zero-order chi connectivity index (χ0) is 17.6. The van der Waals surface area contributed by atoms with E-state index in [1.54, 1.807) is 0 Å². The predicted octanol–water partition coefficient (Wildman–Crippen LogP) is 3.09. The SMILES string of the molecule is C[C@@H]1CCCN(CCC(=O)N(C)C[C@@H]2CCN(c3ccccc3)C2)C1. The van der Waals surface area contributed by atoms with Gasteiger partial charge in [-0.15, -0.1) is 0 Å². The van der Waals surface area contributed by atoms with Crippen LogP contribution in [0.1, 0.15) is 32.6 Å². The number of hydrogen-bond donors (Lipinski definition) is 0. The first kappa shape index (κ1) is 18.2. The van der Waals surface area contributed by atoms with Crippen molar-refractivity contribution < 1.29 is 4.79 Å². The normalized spacial score (nSPS) is 24.5. The number of rotatable bonds is 6. The van der Waals surface area contributed by atoms with Crippen LogP contribution in [0.2, 0.25) is 0 Å². The van der Waals surface area contributed by atoms with Crippen molar-refractivity contribution in [1.29, 1.82) is 0 Å². The summed E-state index contributed by atoms with van der Waals surface area (Å²) in [6.07, 6.45) is 4.46. The average Bonchev–Trinajstić information content (AvgIpc) is 3.09. The summed E-state index contributed by atoms with van der Waals surface area (Å²) >= 11 is 0. The third-order valence-electron chi connectivity index (χ3n) is 5.75. The highest BCUT2D eigenvalue weighted by Crippen LogP contribution is 2.24. The lowest BCUT2D eigenvalue weighted by atomic mass is 10.0. The number of hydrogen-bond acceptors (Lipinski definition) is 3. The van der Waals surface area contributed by atoms with Crippen LogP contribution < -0.4 is 4.90 Å². The van der Waals surface area contributed by atoms with Crippen LogP contribution in [0.3, 0.4) is 0 Å². The Balaban J connectivity index is 1.40. The predicted molar refractivity (Wildman–Crippen MR) is 104 cm³/mol. The maximum absolute atomic E-state index is 12.5. The first-order chi connectivity index (χ1) is 12.1. The van der Waals surface area contributed by atoms with Gasteiger partial charge in [0.1, 0.15) is 0 Å². The van der Waals surface area contributed by atoms with Crippen LogP contribution in [0, 0.1) is 11.8 Å². The smallest absolute Gasteiger partial charge is 0.223 e. The van der Waals surface area contributed by atoms with E-state index < -0.39 is 0 Å². The van der Waals surface area contributed by atoms with Crippen LogP contribution in [-0.4, -0.2) is 62.0 Å². The second-order valence-corrected chi connectivity index (χ2v) is 8.01. The second kappa shape index (κ2) is 8.70. The van der Waals surface area contributed by atoms with Crippen molar-refractivity contribution in [2.45, 2.75) is 32.6 Å². The molecule has 1 amide bonds. The maximum atomic E-state index is 12.5. The van der Waals surface area contributed by atoms with Crippen molar-refractivity contribution in [3.63, 3.8) is 0 Å². The van der Waals surface area contributed by atoms with E-state index in [1.165, 1.54) is 24.9 Å². The zero-order valence-electron chi connectivity index (χ0n) is 15.9. The van der Waals surface area contributed by atoms with Gasteiger partial charge < -0.3 is 14.7 Å². The molecule has 4 heteroatoms. The molecule has 2 aliphatic heterocycles. The number of piperidine rings is 1. The molecule has 2 heterocycles. The minimum absolute atomic E-state index is 0.302. The van der Waals surface area contributed by atoms with E-state index in [0.29, 0.717) is 18.2 Å². The van der Waals surface area contributed by atoms with E-state index in [0.717, 1.165) is 45.2 Å². The molecule has 25 heavy (non-hydrogen) atoms. The third-order valence-corrected chi connectivity index (χ3v) is 5.75. The number of nitrogens with zero attached hydrogens (tertiary/aromatic N) is 3. The molecule has 2 atom stereocenters. The third kappa shape index (κ3) is 5.21. The molecule has 4 nitrogen and oxygen atoms in total. The Labute approximate surface area is 152 Å². The van der Waals surface area contributed by atoms with Crippen LogP contribution in [0.4, 0.5) is 5.69 Å². The van der Waals surface area contributed by atoms with Crippen LogP contribution in [0.5, 0.6) is 0 Å². The fraction of sp³-hybridized carbons (Fsp3) is 0.667. The van der Waals surface area contributed by atoms with E-state index in [9.17, 15) is 4.79 Å². The lowest BCUT2D eigenvalue weighted by molar-refractivity contribution is -0.130. The molecule has 0 unspecified atom stereocenters. The Morgan fingerprint density at radius 1 is 1.16 bits per heavy atom. The second-order valence-electron chi connectivity index (χ2n) is 8.01. The van der Waals surface area contributed by atoms with Crippen LogP contribution >= 0.6 is 0 Å². The van der Waals surface area contributed by atoms with Gasteiger partial charge in [-0.25, -0.2) is 0 Å². The summed E-state index contributed by atoms with van der Waals surface area (Å²) in [6.45, 7) is 8.61. The fourth-order valence-corrected chi connectivity index (χ4v) is 4.28. The van der Waals surface area contributed by atoms with Crippen molar-refractivity contribution in [3.8, 4) is 0 Å². The van der Waals surface area contributed by atoms with Crippen molar-refractivity contribution in [1.82, 2.24) is 9.80 Å².